The summed E-state index contributed by atoms with van der Waals surface area (Å²) < 4.78 is 49.3. The third kappa shape index (κ3) is 3.96. The maximum Gasteiger partial charge on any atom is 0.416 e. The Labute approximate surface area is 147 Å². The van der Waals surface area contributed by atoms with Crippen LogP contribution in [0.5, 0.6) is 11.5 Å². The van der Waals surface area contributed by atoms with Crippen molar-refractivity contribution in [1.82, 2.24) is 5.43 Å². The van der Waals surface area contributed by atoms with E-state index < -0.39 is 23.8 Å². The molecule has 0 aliphatic carbocycles. The highest BCUT2D eigenvalue weighted by Gasteiger charge is 2.30. The summed E-state index contributed by atoms with van der Waals surface area (Å²) >= 11 is 0. The number of carbonyl (C=O) groups excluding carboxylic acids is 1. The Morgan fingerprint density at radius 1 is 1.15 bits per heavy atom. The molecule has 5 nitrogen and oxygen atoms in total. The summed E-state index contributed by atoms with van der Waals surface area (Å²) in [6.07, 6.45) is -5.34. The van der Waals surface area contributed by atoms with Crippen molar-refractivity contribution in [3.8, 4) is 11.5 Å². The summed E-state index contributed by atoms with van der Waals surface area (Å²) in [5.41, 5.74) is 2.01. The van der Waals surface area contributed by atoms with Crippen LogP contribution in [0.3, 0.4) is 0 Å². The first-order valence-electron chi connectivity index (χ1n) is 7.75. The lowest BCUT2D eigenvalue weighted by atomic mass is 10.1. The van der Waals surface area contributed by atoms with E-state index in [2.05, 4.69) is 10.5 Å². The fourth-order valence-electron chi connectivity index (χ4n) is 2.34. The van der Waals surface area contributed by atoms with E-state index in [4.69, 9.17) is 9.47 Å². The molecule has 2 aromatic carbocycles. The molecule has 8 heteroatoms. The zero-order valence-corrected chi connectivity index (χ0v) is 13.7. The Balaban J connectivity index is 1.67. The topological polar surface area (TPSA) is 59.9 Å². The predicted molar refractivity (Wildman–Crippen MR) is 88.2 cm³/mol. The molecule has 3 rings (SSSR count). The first-order valence-corrected chi connectivity index (χ1v) is 7.75. The van der Waals surface area contributed by atoms with Gasteiger partial charge in [0, 0.05) is 0 Å². The maximum absolute atomic E-state index is 12.8. The van der Waals surface area contributed by atoms with Gasteiger partial charge in [0.2, 0.25) is 6.10 Å². The number of rotatable bonds is 3. The van der Waals surface area contributed by atoms with E-state index in [0.29, 0.717) is 11.5 Å². The van der Waals surface area contributed by atoms with E-state index in [1.54, 1.807) is 24.3 Å². The van der Waals surface area contributed by atoms with Gasteiger partial charge in [-0.2, -0.15) is 18.3 Å². The van der Waals surface area contributed by atoms with Crippen LogP contribution in [0.25, 0.3) is 0 Å². The molecule has 1 aliphatic heterocycles. The van der Waals surface area contributed by atoms with Crippen molar-refractivity contribution >= 4 is 11.6 Å². The molecule has 1 atom stereocenters. The normalized spacial score (nSPS) is 16.9. The minimum atomic E-state index is -4.44. The third-order valence-corrected chi connectivity index (χ3v) is 3.74. The van der Waals surface area contributed by atoms with Crippen molar-refractivity contribution in [2.75, 3.05) is 6.61 Å². The summed E-state index contributed by atoms with van der Waals surface area (Å²) in [6, 6.07) is 11.6. The number of nitrogens with zero attached hydrogens (tertiary/aromatic N) is 1. The molecule has 0 unspecified atom stereocenters. The number of hydrogen-bond donors (Lipinski definition) is 1. The quantitative estimate of drug-likeness (QED) is 0.671. The first kappa shape index (κ1) is 17.8. The lowest BCUT2D eigenvalue weighted by Gasteiger charge is -2.24. The number of alkyl halides is 3. The van der Waals surface area contributed by atoms with E-state index >= 15 is 0 Å². The minimum Gasteiger partial charge on any atom is -0.485 e. The van der Waals surface area contributed by atoms with E-state index in [1.807, 2.05) is 0 Å². The number of nitrogens with one attached hydrogen (secondary N) is 1. The molecular formula is C18H15F3N2O3. The number of amides is 1. The summed E-state index contributed by atoms with van der Waals surface area (Å²) in [5.74, 6) is 0.434. The smallest absolute Gasteiger partial charge is 0.416 e. The van der Waals surface area contributed by atoms with Crippen molar-refractivity contribution in [2.45, 2.75) is 19.2 Å². The highest BCUT2D eigenvalue weighted by Crippen LogP contribution is 2.31. The van der Waals surface area contributed by atoms with Gasteiger partial charge < -0.3 is 9.47 Å². The van der Waals surface area contributed by atoms with Crippen LogP contribution in [0.4, 0.5) is 13.2 Å². The van der Waals surface area contributed by atoms with E-state index in [-0.39, 0.29) is 17.9 Å². The van der Waals surface area contributed by atoms with Gasteiger partial charge in [0.1, 0.15) is 6.61 Å². The Morgan fingerprint density at radius 3 is 2.62 bits per heavy atom. The molecular weight excluding hydrogens is 349 g/mol. The standard InChI is InChI=1S/C18H15F3N2O3/c1-11(12-5-4-6-13(9-12)18(19,20)21)22-23-17(24)16-10-25-14-7-2-3-8-15(14)26-16/h2-9,16H,10H2,1H3,(H,23,24)/b22-11-/t16-/m0/s1. The molecule has 136 valence electrons. The lowest BCUT2D eigenvalue weighted by Crippen LogP contribution is -2.42. The van der Waals surface area contributed by atoms with Crippen molar-refractivity contribution in [2.24, 2.45) is 5.10 Å². The van der Waals surface area contributed by atoms with Gasteiger partial charge in [-0.1, -0.05) is 24.3 Å². The van der Waals surface area contributed by atoms with Crippen molar-refractivity contribution in [3.63, 3.8) is 0 Å². The molecule has 2 aromatic rings. The molecule has 1 amide bonds. The number of benzene rings is 2. The molecule has 0 saturated heterocycles. The van der Waals surface area contributed by atoms with Gasteiger partial charge in [0.05, 0.1) is 11.3 Å². The van der Waals surface area contributed by atoms with Gasteiger partial charge in [-0.05, 0) is 36.8 Å². The van der Waals surface area contributed by atoms with Gasteiger partial charge in [-0.15, -0.1) is 0 Å². The van der Waals surface area contributed by atoms with E-state index in [1.165, 1.54) is 19.1 Å². The van der Waals surface area contributed by atoms with Crippen LogP contribution in [0.15, 0.2) is 53.6 Å². The zero-order chi connectivity index (χ0) is 18.7. The second-order valence-electron chi connectivity index (χ2n) is 5.62. The Kier molecular flexibility index (Phi) is 4.83. The maximum atomic E-state index is 12.8. The number of carbonyl (C=O) groups is 1. The summed E-state index contributed by atoms with van der Waals surface area (Å²) in [5, 5.41) is 3.86. The molecule has 1 aliphatic rings. The van der Waals surface area contributed by atoms with Crippen molar-refractivity contribution in [1.29, 1.82) is 0 Å². The van der Waals surface area contributed by atoms with Gasteiger partial charge in [0.25, 0.3) is 5.91 Å². The third-order valence-electron chi connectivity index (χ3n) is 3.74. The van der Waals surface area contributed by atoms with Crippen LogP contribution in [-0.2, 0) is 11.0 Å². The van der Waals surface area contributed by atoms with E-state index in [9.17, 15) is 18.0 Å². The predicted octanol–water partition coefficient (Wildman–Crippen LogP) is 3.39. The minimum absolute atomic E-state index is 0.0149. The molecule has 1 heterocycles. The van der Waals surface area contributed by atoms with E-state index in [0.717, 1.165) is 12.1 Å². The Hall–Kier alpha value is -3.03. The molecule has 0 aromatic heterocycles. The van der Waals surface area contributed by atoms with Gasteiger partial charge in [-0.25, -0.2) is 5.43 Å². The number of hydrogen-bond acceptors (Lipinski definition) is 4. The summed E-state index contributed by atoms with van der Waals surface area (Å²) in [4.78, 5) is 12.2. The first-order chi connectivity index (χ1) is 12.3. The van der Waals surface area contributed by atoms with Crippen LogP contribution in [0.1, 0.15) is 18.1 Å². The molecule has 26 heavy (non-hydrogen) atoms. The number of fused-ring (bicyclic) bond motifs is 1. The summed E-state index contributed by atoms with van der Waals surface area (Å²) in [6.45, 7) is 1.52. The number of ether oxygens (including phenoxy) is 2. The Bertz CT molecular complexity index is 850. The molecule has 1 N–H and O–H groups in total. The van der Waals surface area contributed by atoms with Gasteiger partial charge >= 0.3 is 6.18 Å². The number of hydrazone groups is 1. The fourth-order valence-corrected chi connectivity index (χ4v) is 2.34. The van der Waals surface area contributed by atoms with Gasteiger partial charge in [0.15, 0.2) is 11.5 Å². The van der Waals surface area contributed by atoms with Crippen molar-refractivity contribution < 1.29 is 27.4 Å². The summed E-state index contributed by atoms with van der Waals surface area (Å²) in [7, 11) is 0. The number of halogens is 3. The van der Waals surface area contributed by atoms with Crippen LogP contribution in [0, 0.1) is 0 Å². The van der Waals surface area contributed by atoms with Crippen molar-refractivity contribution in [3.05, 3.63) is 59.7 Å². The Morgan fingerprint density at radius 2 is 1.88 bits per heavy atom. The van der Waals surface area contributed by atoms with Crippen LogP contribution < -0.4 is 14.9 Å². The lowest BCUT2D eigenvalue weighted by molar-refractivity contribution is -0.137. The SMILES string of the molecule is C/C(=N/NC(=O)[C@@H]1COc2ccccc2O1)c1cccc(C(F)(F)F)c1. The second kappa shape index (κ2) is 7.07. The highest BCUT2D eigenvalue weighted by molar-refractivity contribution is 5.99. The monoisotopic (exact) mass is 364 g/mol. The zero-order valence-electron chi connectivity index (χ0n) is 13.7. The van der Waals surface area contributed by atoms with Crippen LogP contribution in [-0.4, -0.2) is 24.3 Å². The largest absolute Gasteiger partial charge is 0.485 e. The molecule has 0 fully saturated rings. The number of para-hydroxylation sites is 2. The highest BCUT2D eigenvalue weighted by atomic mass is 19.4. The molecule has 0 radical (unpaired) electrons. The average Bonchev–Trinajstić information content (AvgIpc) is 2.64. The van der Waals surface area contributed by atoms with Gasteiger partial charge in [-0.3, -0.25) is 4.79 Å². The molecule has 0 bridgehead atoms. The second-order valence-corrected chi connectivity index (χ2v) is 5.62. The molecule has 0 saturated carbocycles. The van der Waals surface area contributed by atoms with Crippen LogP contribution in [0.2, 0.25) is 0 Å². The fraction of sp³-hybridized carbons (Fsp3) is 0.222. The average molecular weight is 364 g/mol. The van der Waals surface area contributed by atoms with Crippen LogP contribution >= 0.6 is 0 Å². The molecule has 0 spiro atoms.